The Hall–Kier alpha value is -1.28. The monoisotopic (exact) mass is 246 g/mol. The van der Waals surface area contributed by atoms with Gasteiger partial charge < -0.3 is 11.5 Å². The van der Waals surface area contributed by atoms with Gasteiger partial charge in [-0.2, -0.15) is 10.2 Å². The van der Waals surface area contributed by atoms with E-state index in [-0.39, 0.29) is 10.2 Å². The molecule has 0 amide bonds. The van der Waals surface area contributed by atoms with Crippen LogP contribution in [0.25, 0.3) is 0 Å². The van der Waals surface area contributed by atoms with E-state index in [0.29, 0.717) is 0 Å². The largest absolute Gasteiger partial charge is 0.375 e. The van der Waals surface area contributed by atoms with E-state index in [0.717, 1.165) is 19.3 Å². The zero-order chi connectivity index (χ0) is 11.5. The molecule has 0 unspecified atom stereocenters. The normalized spacial score (nSPS) is 10.7. The number of nitrogens with one attached hydrogen (secondary N) is 2. The Morgan fingerprint density at radius 2 is 1.40 bits per heavy atom. The van der Waals surface area contributed by atoms with E-state index in [9.17, 15) is 0 Å². The van der Waals surface area contributed by atoms with Crippen LogP contribution in [0.3, 0.4) is 0 Å². The zero-order valence-corrected chi connectivity index (χ0v) is 9.77. The molecule has 84 valence electrons. The number of unbranched alkanes of at least 4 members (excludes halogenated alkanes) is 2. The van der Waals surface area contributed by atoms with Gasteiger partial charge in [-0.1, -0.05) is 0 Å². The average molecular weight is 246 g/mol. The second kappa shape index (κ2) is 9.28. The number of nitrogens with two attached hydrogens (primary N) is 2. The Balaban J connectivity index is 3.31. The summed E-state index contributed by atoms with van der Waals surface area (Å²) >= 11 is 9.11. The molecule has 0 aromatic rings. The third-order valence-electron chi connectivity index (χ3n) is 1.20. The van der Waals surface area contributed by atoms with Gasteiger partial charge in [0, 0.05) is 12.4 Å². The van der Waals surface area contributed by atoms with E-state index in [1.807, 2.05) is 0 Å². The van der Waals surface area contributed by atoms with Crippen molar-refractivity contribution in [2.75, 3.05) is 0 Å². The second-order valence-corrected chi connectivity index (χ2v) is 3.39. The predicted molar refractivity (Wildman–Crippen MR) is 70.7 cm³/mol. The van der Waals surface area contributed by atoms with Gasteiger partial charge in [-0.05, 0) is 43.7 Å². The second-order valence-electron chi connectivity index (χ2n) is 2.51. The lowest BCUT2D eigenvalue weighted by Crippen LogP contribution is -2.24. The summed E-state index contributed by atoms with van der Waals surface area (Å²) in [5.74, 6) is 0. The summed E-state index contributed by atoms with van der Waals surface area (Å²) < 4.78 is 0. The molecule has 0 saturated carbocycles. The van der Waals surface area contributed by atoms with Crippen LogP contribution in [0.5, 0.6) is 0 Å². The zero-order valence-electron chi connectivity index (χ0n) is 8.14. The number of rotatable bonds is 6. The molecule has 0 fully saturated rings. The first-order valence-corrected chi connectivity index (χ1v) is 5.08. The summed E-state index contributed by atoms with van der Waals surface area (Å²) in [6, 6.07) is 0. The van der Waals surface area contributed by atoms with Crippen molar-refractivity contribution >= 4 is 47.1 Å². The number of hydrogen-bond donors (Lipinski definition) is 4. The lowest BCUT2D eigenvalue weighted by atomic mass is 10.3. The minimum atomic E-state index is 0.161. The van der Waals surface area contributed by atoms with Gasteiger partial charge >= 0.3 is 0 Å². The highest BCUT2D eigenvalue weighted by molar-refractivity contribution is 7.80. The van der Waals surface area contributed by atoms with Gasteiger partial charge in [0.25, 0.3) is 0 Å². The quantitative estimate of drug-likeness (QED) is 0.224. The minimum absolute atomic E-state index is 0.161. The van der Waals surface area contributed by atoms with Crippen LogP contribution >= 0.6 is 24.4 Å². The fourth-order valence-corrected chi connectivity index (χ4v) is 0.753. The molecule has 6 N–H and O–H groups in total. The third kappa shape index (κ3) is 12.7. The molecule has 6 nitrogen and oxygen atoms in total. The molecule has 8 heteroatoms. The van der Waals surface area contributed by atoms with Crippen LogP contribution in [0.4, 0.5) is 0 Å². The molecule has 15 heavy (non-hydrogen) atoms. The van der Waals surface area contributed by atoms with Gasteiger partial charge in [0.2, 0.25) is 0 Å². The fraction of sp³-hybridized carbons (Fsp3) is 0.429. The maximum atomic E-state index is 5.15. The van der Waals surface area contributed by atoms with Crippen molar-refractivity contribution in [1.82, 2.24) is 10.9 Å². The molecule has 0 rings (SSSR count). The first-order chi connectivity index (χ1) is 7.13. The Bertz CT molecular complexity index is 236. The summed E-state index contributed by atoms with van der Waals surface area (Å²) in [5.41, 5.74) is 15.2. The Kier molecular flexibility index (Phi) is 8.49. The van der Waals surface area contributed by atoms with Gasteiger partial charge in [-0.25, -0.2) is 0 Å². The number of hydrogen-bond acceptors (Lipinski definition) is 4. The predicted octanol–water partition coefficient (Wildman–Crippen LogP) is -0.205. The lowest BCUT2D eigenvalue weighted by Gasteiger charge is -1.94. The van der Waals surface area contributed by atoms with Gasteiger partial charge in [-0.15, -0.1) is 0 Å². The molecule has 0 saturated heterocycles. The fourth-order valence-electron chi connectivity index (χ4n) is 0.648. The molecule has 0 bridgehead atoms. The summed E-state index contributed by atoms with van der Waals surface area (Å²) in [4.78, 5) is 0. The van der Waals surface area contributed by atoms with Gasteiger partial charge in [0.1, 0.15) is 0 Å². The van der Waals surface area contributed by atoms with Gasteiger partial charge in [0.15, 0.2) is 10.2 Å². The first kappa shape index (κ1) is 13.7. The number of hydrazone groups is 2. The van der Waals surface area contributed by atoms with E-state index in [1.165, 1.54) is 0 Å². The maximum Gasteiger partial charge on any atom is 0.184 e. The summed E-state index contributed by atoms with van der Waals surface area (Å²) in [5, 5.41) is 7.87. The molecular weight excluding hydrogens is 232 g/mol. The molecule has 0 radical (unpaired) electrons. The Labute approximate surface area is 99.2 Å². The number of thiocarbonyl (C=S) groups is 2. The smallest absolute Gasteiger partial charge is 0.184 e. The van der Waals surface area contributed by atoms with Crippen molar-refractivity contribution in [2.24, 2.45) is 21.7 Å². The van der Waals surface area contributed by atoms with Crippen LogP contribution in [0.1, 0.15) is 19.3 Å². The first-order valence-electron chi connectivity index (χ1n) is 4.27. The molecule has 0 aromatic heterocycles. The SMILES string of the molecule is NC(=S)N/N=C/CCC/C=N/NC(N)=S. The highest BCUT2D eigenvalue weighted by Gasteiger charge is 1.83. The molecule has 0 aliphatic carbocycles. The lowest BCUT2D eigenvalue weighted by molar-refractivity contribution is 0.914. The van der Waals surface area contributed by atoms with Gasteiger partial charge in [-0.3, -0.25) is 10.9 Å². The topological polar surface area (TPSA) is 101 Å². The molecule has 0 aromatic carbocycles. The maximum absolute atomic E-state index is 5.15. The van der Waals surface area contributed by atoms with Crippen molar-refractivity contribution in [1.29, 1.82) is 0 Å². The van der Waals surface area contributed by atoms with Crippen LogP contribution in [-0.4, -0.2) is 22.7 Å². The third-order valence-corrected chi connectivity index (χ3v) is 1.38. The Morgan fingerprint density at radius 1 is 1.00 bits per heavy atom. The highest BCUT2D eigenvalue weighted by atomic mass is 32.1. The van der Waals surface area contributed by atoms with Crippen molar-refractivity contribution in [3.63, 3.8) is 0 Å². The van der Waals surface area contributed by atoms with Crippen LogP contribution < -0.4 is 22.3 Å². The minimum Gasteiger partial charge on any atom is -0.375 e. The van der Waals surface area contributed by atoms with E-state index in [2.05, 4.69) is 45.5 Å². The molecule has 0 aliphatic rings. The standard InChI is InChI=1S/C7H14N6S2/c8-6(14)12-10-4-2-1-3-5-11-13-7(9)15/h4-5H,1-3H2,(H3,8,12,14)(H3,9,13,15)/b10-4+,11-5+. The summed E-state index contributed by atoms with van der Waals surface area (Å²) in [7, 11) is 0. The van der Waals surface area contributed by atoms with E-state index in [4.69, 9.17) is 11.5 Å². The van der Waals surface area contributed by atoms with Crippen molar-refractivity contribution in [2.45, 2.75) is 19.3 Å². The van der Waals surface area contributed by atoms with E-state index >= 15 is 0 Å². The van der Waals surface area contributed by atoms with Crippen LogP contribution in [0.2, 0.25) is 0 Å². The van der Waals surface area contributed by atoms with Gasteiger partial charge in [0.05, 0.1) is 0 Å². The molecule has 0 atom stereocenters. The van der Waals surface area contributed by atoms with Crippen LogP contribution in [0, 0.1) is 0 Å². The van der Waals surface area contributed by atoms with Crippen molar-refractivity contribution in [3.05, 3.63) is 0 Å². The van der Waals surface area contributed by atoms with E-state index < -0.39 is 0 Å². The van der Waals surface area contributed by atoms with E-state index in [1.54, 1.807) is 12.4 Å². The van der Waals surface area contributed by atoms with Crippen LogP contribution in [0.15, 0.2) is 10.2 Å². The summed E-state index contributed by atoms with van der Waals surface area (Å²) in [6.45, 7) is 0. The Morgan fingerprint density at radius 3 is 1.73 bits per heavy atom. The van der Waals surface area contributed by atoms with Crippen LogP contribution in [-0.2, 0) is 0 Å². The average Bonchev–Trinajstić information content (AvgIpc) is 2.14. The van der Waals surface area contributed by atoms with Crippen molar-refractivity contribution < 1.29 is 0 Å². The summed E-state index contributed by atoms with van der Waals surface area (Å²) in [6.07, 6.45) is 5.95. The molecular formula is C7H14N6S2. The molecule has 0 aliphatic heterocycles. The highest BCUT2D eigenvalue weighted by Crippen LogP contribution is 1.88. The molecule has 0 heterocycles. The number of nitrogens with zero attached hydrogens (tertiary/aromatic N) is 2. The molecule has 0 spiro atoms. The van der Waals surface area contributed by atoms with Crippen molar-refractivity contribution in [3.8, 4) is 0 Å².